The molecule has 140 valence electrons. The van der Waals surface area contributed by atoms with E-state index in [1.807, 2.05) is 25.1 Å². The molecule has 1 aromatic carbocycles. The van der Waals surface area contributed by atoms with Gasteiger partial charge in [-0.1, -0.05) is 45.0 Å². The molecule has 5 heteroatoms. The van der Waals surface area contributed by atoms with E-state index in [1.54, 1.807) is 29.9 Å². The Morgan fingerprint density at radius 3 is 2.32 bits per heavy atom. The van der Waals surface area contributed by atoms with Gasteiger partial charge in [-0.2, -0.15) is 0 Å². The zero-order valence-electron chi connectivity index (χ0n) is 16.5. The van der Waals surface area contributed by atoms with E-state index in [9.17, 15) is 0 Å². The fourth-order valence-electron chi connectivity index (χ4n) is 2.99. The highest BCUT2D eigenvalue weighted by atomic mass is 32.1. The van der Waals surface area contributed by atoms with Gasteiger partial charge in [0.15, 0.2) is 5.82 Å². The second-order valence-corrected chi connectivity index (χ2v) is 8.77. The average Bonchev–Trinajstić information content (AvgIpc) is 3.10. The Balaban J connectivity index is 1.69. The molecule has 4 nitrogen and oxygen atoms in total. The zero-order valence-corrected chi connectivity index (χ0v) is 17.3. The number of pyridine rings is 1. The molecule has 3 heterocycles. The van der Waals surface area contributed by atoms with Crippen molar-refractivity contribution < 1.29 is 0 Å². The molecule has 0 atom stereocenters. The quantitative estimate of drug-likeness (QED) is 0.437. The van der Waals surface area contributed by atoms with Crippen LogP contribution in [0, 0.1) is 6.92 Å². The summed E-state index contributed by atoms with van der Waals surface area (Å²) in [5, 5.41) is 1.01. The number of thiazole rings is 1. The molecule has 0 amide bonds. The highest BCUT2D eigenvalue weighted by molar-refractivity contribution is 7.18. The van der Waals surface area contributed by atoms with Crippen molar-refractivity contribution in [1.29, 1.82) is 0 Å². The van der Waals surface area contributed by atoms with E-state index >= 15 is 0 Å². The third-order valence-corrected chi connectivity index (χ3v) is 5.83. The average molecular weight is 387 g/mol. The molecule has 0 saturated carbocycles. The van der Waals surface area contributed by atoms with Crippen molar-refractivity contribution in [1.82, 2.24) is 19.9 Å². The maximum absolute atomic E-state index is 4.80. The first-order valence-electron chi connectivity index (χ1n) is 9.24. The first-order chi connectivity index (χ1) is 13.4. The predicted octanol–water partition coefficient (Wildman–Crippen LogP) is 5.94. The third kappa shape index (κ3) is 3.71. The molecule has 0 saturated heterocycles. The largest absolute Gasteiger partial charge is 0.264 e. The maximum atomic E-state index is 4.80. The van der Waals surface area contributed by atoms with Crippen molar-refractivity contribution >= 4 is 11.3 Å². The highest BCUT2D eigenvalue weighted by Gasteiger charge is 2.16. The van der Waals surface area contributed by atoms with Gasteiger partial charge in [-0.3, -0.25) is 4.98 Å². The van der Waals surface area contributed by atoms with Crippen LogP contribution in [-0.4, -0.2) is 19.9 Å². The lowest BCUT2D eigenvalue weighted by molar-refractivity contribution is 0.590. The molecule has 0 N–H and O–H groups in total. The highest BCUT2D eigenvalue weighted by Crippen LogP contribution is 2.35. The normalized spacial score (nSPS) is 11.6. The second kappa shape index (κ2) is 7.24. The topological polar surface area (TPSA) is 51.6 Å². The molecule has 0 spiro atoms. The van der Waals surface area contributed by atoms with E-state index in [1.165, 1.54) is 5.56 Å². The molecule has 3 aromatic heterocycles. The van der Waals surface area contributed by atoms with Crippen molar-refractivity contribution in [3.05, 3.63) is 72.3 Å². The van der Waals surface area contributed by atoms with Gasteiger partial charge >= 0.3 is 0 Å². The van der Waals surface area contributed by atoms with Crippen molar-refractivity contribution in [2.75, 3.05) is 0 Å². The lowest BCUT2D eigenvalue weighted by Crippen LogP contribution is -2.10. The summed E-state index contributed by atoms with van der Waals surface area (Å²) in [4.78, 5) is 19.2. The summed E-state index contributed by atoms with van der Waals surface area (Å²) in [6.07, 6.45) is 5.32. The molecule has 0 unspecified atom stereocenters. The van der Waals surface area contributed by atoms with Crippen LogP contribution < -0.4 is 0 Å². The molecule has 0 radical (unpaired) electrons. The molecule has 28 heavy (non-hydrogen) atoms. The number of aryl methyl sites for hydroxylation is 1. The second-order valence-electron chi connectivity index (χ2n) is 7.77. The molecule has 4 rings (SSSR count). The van der Waals surface area contributed by atoms with Gasteiger partial charge in [0.2, 0.25) is 0 Å². The Morgan fingerprint density at radius 1 is 0.857 bits per heavy atom. The van der Waals surface area contributed by atoms with Gasteiger partial charge in [-0.25, -0.2) is 15.0 Å². The summed E-state index contributed by atoms with van der Waals surface area (Å²) < 4.78 is 0. The Morgan fingerprint density at radius 2 is 1.64 bits per heavy atom. The van der Waals surface area contributed by atoms with E-state index in [2.05, 4.69) is 55.0 Å². The molecule has 0 bridgehead atoms. The number of aromatic nitrogens is 4. The molecule has 4 aromatic rings. The fourth-order valence-corrected chi connectivity index (χ4v) is 4.03. The van der Waals surface area contributed by atoms with Crippen molar-refractivity contribution in [2.45, 2.75) is 33.1 Å². The Hall–Kier alpha value is -2.92. The Labute approximate surface area is 169 Å². The Kier molecular flexibility index (Phi) is 4.77. The molecular weight excluding hydrogens is 364 g/mol. The zero-order chi connectivity index (χ0) is 19.7. The number of rotatable bonds is 3. The summed E-state index contributed by atoms with van der Waals surface area (Å²) >= 11 is 1.67. The van der Waals surface area contributed by atoms with Crippen LogP contribution in [0.15, 0.2) is 61.1 Å². The molecule has 0 aliphatic heterocycles. The summed E-state index contributed by atoms with van der Waals surface area (Å²) in [5.41, 5.74) is 5.38. The van der Waals surface area contributed by atoms with E-state index in [-0.39, 0.29) is 5.41 Å². The van der Waals surface area contributed by atoms with Crippen molar-refractivity contribution in [2.24, 2.45) is 0 Å². The number of nitrogens with zero attached hydrogens (tertiary/aromatic N) is 4. The molecule has 0 aliphatic rings. The van der Waals surface area contributed by atoms with Gasteiger partial charge in [-0.05, 0) is 36.1 Å². The van der Waals surface area contributed by atoms with Gasteiger partial charge in [0.05, 0.1) is 16.3 Å². The lowest BCUT2D eigenvalue weighted by atomic mass is 9.87. The number of hydrogen-bond acceptors (Lipinski definition) is 5. The summed E-state index contributed by atoms with van der Waals surface area (Å²) in [7, 11) is 0. The molecule has 0 fully saturated rings. The van der Waals surface area contributed by atoms with E-state index in [0.29, 0.717) is 5.82 Å². The predicted molar refractivity (Wildman–Crippen MR) is 115 cm³/mol. The summed E-state index contributed by atoms with van der Waals surface area (Å²) in [5.74, 6) is 0.675. The first kappa shape index (κ1) is 18.4. The summed E-state index contributed by atoms with van der Waals surface area (Å²) in [6.45, 7) is 8.71. The van der Waals surface area contributed by atoms with Gasteiger partial charge in [0.1, 0.15) is 5.01 Å². The van der Waals surface area contributed by atoms with Gasteiger partial charge in [-0.15, -0.1) is 11.3 Å². The van der Waals surface area contributed by atoms with Crippen LogP contribution >= 0.6 is 11.3 Å². The minimum absolute atomic E-state index is 0.145. The smallest absolute Gasteiger partial charge is 0.161 e. The van der Waals surface area contributed by atoms with E-state index in [4.69, 9.17) is 9.97 Å². The van der Waals surface area contributed by atoms with Crippen molar-refractivity contribution in [3.8, 4) is 32.5 Å². The van der Waals surface area contributed by atoms with Gasteiger partial charge < -0.3 is 0 Å². The van der Waals surface area contributed by atoms with Crippen LogP contribution in [0.5, 0.6) is 0 Å². The van der Waals surface area contributed by atoms with Crippen LogP contribution in [0.1, 0.15) is 32.0 Å². The van der Waals surface area contributed by atoms with Gasteiger partial charge in [0.25, 0.3) is 0 Å². The number of hydrogen-bond donors (Lipinski definition) is 0. The standard InChI is InChI=1S/C23H22N4S/c1-15-20(19-11-13-25-21(27-19)17-6-5-12-24-14-17)28-22(26-15)16-7-9-18(10-8-16)23(2,3)4/h5-14H,1-4H3. The maximum Gasteiger partial charge on any atom is 0.161 e. The van der Waals surface area contributed by atoms with Crippen LogP contribution in [0.3, 0.4) is 0 Å². The van der Waals surface area contributed by atoms with Crippen LogP contribution in [0.2, 0.25) is 0 Å². The number of benzene rings is 1. The van der Waals surface area contributed by atoms with Crippen LogP contribution in [-0.2, 0) is 5.41 Å². The first-order valence-corrected chi connectivity index (χ1v) is 10.1. The fraction of sp³-hybridized carbons (Fsp3) is 0.217. The van der Waals surface area contributed by atoms with Crippen LogP contribution in [0.25, 0.3) is 32.5 Å². The lowest BCUT2D eigenvalue weighted by Gasteiger charge is -2.18. The van der Waals surface area contributed by atoms with E-state index < -0.39 is 0 Å². The van der Waals surface area contributed by atoms with Crippen molar-refractivity contribution in [3.63, 3.8) is 0 Å². The SMILES string of the molecule is Cc1nc(-c2ccc(C(C)(C)C)cc2)sc1-c1ccnc(-c2cccnc2)n1. The monoisotopic (exact) mass is 386 g/mol. The Bertz CT molecular complexity index is 1090. The molecule has 0 aliphatic carbocycles. The summed E-state index contributed by atoms with van der Waals surface area (Å²) in [6, 6.07) is 14.5. The van der Waals surface area contributed by atoms with E-state index in [0.717, 1.165) is 32.4 Å². The third-order valence-electron chi connectivity index (χ3n) is 4.60. The van der Waals surface area contributed by atoms with Crippen LogP contribution in [0.4, 0.5) is 0 Å². The minimum Gasteiger partial charge on any atom is -0.264 e. The van der Waals surface area contributed by atoms with Gasteiger partial charge in [0, 0.05) is 29.7 Å². The minimum atomic E-state index is 0.145. The molecular formula is C23H22N4S.